The molecule has 100 valence electrons. The van der Waals surface area contributed by atoms with E-state index in [0.717, 1.165) is 38.8 Å². The van der Waals surface area contributed by atoms with Gasteiger partial charge in [-0.15, -0.1) is 0 Å². The van der Waals surface area contributed by atoms with Crippen molar-refractivity contribution >= 4 is 5.91 Å². The van der Waals surface area contributed by atoms with Gasteiger partial charge in [-0.3, -0.25) is 4.79 Å². The molecular weight excluding hydrogens is 214 g/mol. The standard InChI is InChI=1S/C13H27N3O/c1-3-5-6-11(4-2)16-13(12(14)17)7-9-15-10-8-13/h11,15-16H,3-10H2,1-2H3,(H2,14,17). The minimum atomic E-state index is -0.473. The molecule has 0 bridgehead atoms. The first-order valence-corrected chi connectivity index (χ1v) is 6.93. The van der Waals surface area contributed by atoms with Gasteiger partial charge < -0.3 is 16.4 Å². The molecule has 17 heavy (non-hydrogen) atoms. The molecule has 1 rings (SSSR count). The average Bonchev–Trinajstić information content (AvgIpc) is 2.35. The van der Waals surface area contributed by atoms with Crippen molar-refractivity contribution in [1.29, 1.82) is 0 Å². The summed E-state index contributed by atoms with van der Waals surface area (Å²) in [5.41, 5.74) is 5.13. The molecule has 1 amide bonds. The fraction of sp³-hybridized carbons (Fsp3) is 0.923. The molecule has 1 aliphatic heterocycles. The Morgan fingerprint density at radius 2 is 2.06 bits per heavy atom. The van der Waals surface area contributed by atoms with Crippen molar-refractivity contribution in [1.82, 2.24) is 10.6 Å². The molecule has 4 N–H and O–H groups in total. The van der Waals surface area contributed by atoms with Crippen LogP contribution in [0.3, 0.4) is 0 Å². The molecule has 0 aromatic rings. The zero-order valence-electron chi connectivity index (χ0n) is 11.2. The molecule has 0 aromatic heterocycles. The number of primary amides is 1. The van der Waals surface area contributed by atoms with E-state index < -0.39 is 5.54 Å². The lowest BCUT2D eigenvalue weighted by molar-refractivity contribution is -0.126. The van der Waals surface area contributed by atoms with Crippen molar-refractivity contribution in [3.63, 3.8) is 0 Å². The largest absolute Gasteiger partial charge is 0.368 e. The number of carbonyl (C=O) groups is 1. The van der Waals surface area contributed by atoms with Crippen molar-refractivity contribution in [2.45, 2.75) is 64.0 Å². The van der Waals surface area contributed by atoms with Gasteiger partial charge in [0.05, 0.1) is 0 Å². The van der Waals surface area contributed by atoms with Crippen LogP contribution in [0.5, 0.6) is 0 Å². The molecule has 1 saturated heterocycles. The highest BCUT2D eigenvalue weighted by atomic mass is 16.1. The number of nitrogens with one attached hydrogen (secondary N) is 2. The molecule has 0 aliphatic carbocycles. The topological polar surface area (TPSA) is 67.1 Å². The van der Waals surface area contributed by atoms with Gasteiger partial charge in [0, 0.05) is 6.04 Å². The second kappa shape index (κ2) is 6.97. The van der Waals surface area contributed by atoms with Crippen LogP contribution in [-0.4, -0.2) is 30.6 Å². The van der Waals surface area contributed by atoms with Crippen molar-refractivity contribution in [3.8, 4) is 0 Å². The SMILES string of the molecule is CCCCC(CC)NC1(C(N)=O)CCNCC1. The minimum absolute atomic E-state index is 0.186. The van der Waals surface area contributed by atoms with Gasteiger partial charge in [0.2, 0.25) is 5.91 Å². The summed E-state index contributed by atoms with van der Waals surface area (Å²) >= 11 is 0. The molecule has 1 aliphatic rings. The number of amides is 1. The highest BCUT2D eigenvalue weighted by molar-refractivity contribution is 5.84. The molecule has 1 heterocycles. The number of unbranched alkanes of at least 4 members (excludes halogenated alkanes) is 1. The van der Waals surface area contributed by atoms with Crippen LogP contribution in [0.4, 0.5) is 0 Å². The first-order chi connectivity index (χ1) is 8.14. The first kappa shape index (κ1) is 14.5. The van der Waals surface area contributed by atoms with Crippen LogP contribution in [-0.2, 0) is 4.79 Å². The Labute approximate surface area is 105 Å². The van der Waals surface area contributed by atoms with Crippen molar-refractivity contribution in [2.75, 3.05) is 13.1 Å². The fourth-order valence-electron chi connectivity index (χ4n) is 2.54. The van der Waals surface area contributed by atoms with E-state index in [9.17, 15) is 4.79 Å². The van der Waals surface area contributed by atoms with Gasteiger partial charge in [0.15, 0.2) is 0 Å². The van der Waals surface area contributed by atoms with Gasteiger partial charge in [-0.1, -0.05) is 26.7 Å². The van der Waals surface area contributed by atoms with E-state index in [4.69, 9.17) is 5.73 Å². The normalized spacial score (nSPS) is 21.1. The molecule has 0 aromatic carbocycles. The van der Waals surface area contributed by atoms with E-state index in [0.29, 0.717) is 6.04 Å². The maximum Gasteiger partial charge on any atom is 0.237 e. The summed E-state index contributed by atoms with van der Waals surface area (Å²) in [6.45, 7) is 6.12. The number of nitrogens with two attached hydrogens (primary N) is 1. The third-order valence-electron chi connectivity index (χ3n) is 3.81. The van der Waals surface area contributed by atoms with E-state index in [2.05, 4.69) is 24.5 Å². The number of hydrogen-bond acceptors (Lipinski definition) is 3. The summed E-state index contributed by atoms with van der Waals surface area (Å²) in [5, 5.41) is 6.82. The molecule has 0 saturated carbocycles. The molecule has 1 fully saturated rings. The molecule has 4 nitrogen and oxygen atoms in total. The van der Waals surface area contributed by atoms with Gasteiger partial charge in [-0.25, -0.2) is 0 Å². The van der Waals surface area contributed by atoms with Crippen molar-refractivity contribution in [3.05, 3.63) is 0 Å². The Morgan fingerprint density at radius 1 is 1.41 bits per heavy atom. The third-order valence-corrected chi connectivity index (χ3v) is 3.81. The van der Waals surface area contributed by atoms with Crippen LogP contribution >= 0.6 is 0 Å². The van der Waals surface area contributed by atoms with E-state index in [1.807, 2.05) is 0 Å². The lowest BCUT2D eigenvalue weighted by Crippen LogP contribution is -2.62. The lowest BCUT2D eigenvalue weighted by atomic mass is 9.86. The van der Waals surface area contributed by atoms with Gasteiger partial charge >= 0.3 is 0 Å². The van der Waals surface area contributed by atoms with Crippen LogP contribution in [0.25, 0.3) is 0 Å². The van der Waals surface area contributed by atoms with Crippen LogP contribution in [0, 0.1) is 0 Å². The number of rotatable bonds is 7. The Bertz CT molecular complexity index is 237. The van der Waals surface area contributed by atoms with Crippen LogP contribution in [0.15, 0.2) is 0 Å². The van der Waals surface area contributed by atoms with E-state index in [1.54, 1.807) is 0 Å². The lowest BCUT2D eigenvalue weighted by Gasteiger charge is -2.38. The predicted molar refractivity (Wildman–Crippen MR) is 70.8 cm³/mol. The van der Waals surface area contributed by atoms with E-state index in [1.165, 1.54) is 12.8 Å². The smallest absolute Gasteiger partial charge is 0.237 e. The monoisotopic (exact) mass is 241 g/mol. The maximum atomic E-state index is 11.7. The van der Waals surface area contributed by atoms with Crippen LogP contribution < -0.4 is 16.4 Å². The predicted octanol–water partition coefficient (Wildman–Crippen LogP) is 1.15. The van der Waals surface area contributed by atoms with Gasteiger partial charge in [-0.05, 0) is 38.8 Å². The van der Waals surface area contributed by atoms with Gasteiger partial charge in [0.1, 0.15) is 5.54 Å². The highest BCUT2D eigenvalue weighted by Gasteiger charge is 2.38. The Hall–Kier alpha value is -0.610. The maximum absolute atomic E-state index is 11.7. The summed E-state index contributed by atoms with van der Waals surface area (Å²) < 4.78 is 0. The number of carbonyl (C=O) groups excluding carboxylic acids is 1. The van der Waals surface area contributed by atoms with Crippen molar-refractivity contribution < 1.29 is 4.79 Å². The minimum Gasteiger partial charge on any atom is -0.368 e. The number of piperidine rings is 1. The zero-order chi connectivity index (χ0) is 12.7. The second-order valence-corrected chi connectivity index (χ2v) is 5.09. The Kier molecular flexibility index (Phi) is 5.92. The highest BCUT2D eigenvalue weighted by Crippen LogP contribution is 2.20. The fourth-order valence-corrected chi connectivity index (χ4v) is 2.54. The first-order valence-electron chi connectivity index (χ1n) is 6.93. The summed E-state index contributed by atoms with van der Waals surface area (Å²) in [6.07, 6.45) is 6.22. The molecule has 4 heteroatoms. The summed E-state index contributed by atoms with van der Waals surface area (Å²) in [5.74, 6) is -0.186. The second-order valence-electron chi connectivity index (χ2n) is 5.09. The van der Waals surface area contributed by atoms with Crippen LogP contribution in [0.1, 0.15) is 52.4 Å². The van der Waals surface area contributed by atoms with Gasteiger partial charge in [-0.2, -0.15) is 0 Å². The van der Waals surface area contributed by atoms with Crippen molar-refractivity contribution in [2.24, 2.45) is 5.73 Å². The quantitative estimate of drug-likeness (QED) is 0.626. The molecular formula is C13H27N3O. The third kappa shape index (κ3) is 3.96. The van der Waals surface area contributed by atoms with Crippen LogP contribution in [0.2, 0.25) is 0 Å². The molecule has 1 unspecified atom stereocenters. The Balaban J connectivity index is 2.60. The molecule has 1 atom stereocenters. The number of hydrogen-bond donors (Lipinski definition) is 3. The average molecular weight is 241 g/mol. The summed E-state index contributed by atoms with van der Waals surface area (Å²) in [7, 11) is 0. The zero-order valence-corrected chi connectivity index (χ0v) is 11.2. The summed E-state index contributed by atoms with van der Waals surface area (Å²) in [4.78, 5) is 11.7. The van der Waals surface area contributed by atoms with E-state index >= 15 is 0 Å². The molecule has 0 radical (unpaired) electrons. The van der Waals surface area contributed by atoms with E-state index in [-0.39, 0.29) is 5.91 Å². The van der Waals surface area contributed by atoms with Gasteiger partial charge in [0.25, 0.3) is 0 Å². The Morgan fingerprint density at radius 3 is 2.53 bits per heavy atom. The summed E-state index contributed by atoms with van der Waals surface area (Å²) in [6, 6.07) is 0.417. The molecule has 0 spiro atoms.